The Bertz CT molecular complexity index is 1330. The summed E-state index contributed by atoms with van der Waals surface area (Å²) in [7, 11) is 0. The fourth-order valence-electron chi connectivity index (χ4n) is 5.24. The molecule has 1 aromatic heterocycles. The molecule has 4 rings (SSSR count). The third-order valence-electron chi connectivity index (χ3n) is 7.34. The van der Waals surface area contributed by atoms with Gasteiger partial charge >= 0.3 is 5.97 Å². The zero-order chi connectivity index (χ0) is 26.0. The maximum absolute atomic E-state index is 12.2. The third-order valence-corrected chi connectivity index (χ3v) is 7.34. The van der Waals surface area contributed by atoms with E-state index in [9.17, 15) is 4.79 Å². The number of fused-ring (bicyclic) bond motifs is 1. The molecule has 0 saturated carbocycles. The molecule has 3 N–H and O–H groups in total. The van der Waals surface area contributed by atoms with Crippen LogP contribution >= 0.6 is 0 Å². The highest BCUT2D eigenvalue weighted by atomic mass is 16.5. The highest BCUT2D eigenvalue weighted by molar-refractivity contribution is 5.93. The highest BCUT2D eigenvalue weighted by Gasteiger charge is 2.24. The number of hydrogen-bond donors (Lipinski definition) is 2. The van der Waals surface area contributed by atoms with Gasteiger partial charge in [0.1, 0.15) is 11.6 Å². The lowest BCUT2D eigenvalue weighted by Crippen LogP contribution is -2.19. The first-order valence-corrected chi connectivity index (χ1v) is 13.0. The number of benzene rings is 2. The summed E-state index contributed by atoms with van der Waals surface area (Å²) < 4.78 is 5.25. The number of anilines is 2. The minimum atomic E-state index is -0.0848. The van der Waals surface area contributed by atoms with E-state index < -0.39 is 0 Å². The Morgan fingerprint density at radius 1 is 1.17 bits per heavy atom. The second-order valence-corrected chi connectivity index (χ2v) is 9.87. The largest absolute Gasteiger partial charge is 0.466 e. The number of allylic oxidation sites excluding steroid dienone is 2. The first-order chi connectivity index (χ1) is 17.2. The minimum absolute atomic E-state index is 0.0261. The molecule has 3 aromatic rings. The van der Waals surface area contributed by atoms with E-state index in [0.29, 0.717) is 6.61 Å². The van der Waals surface area contributed by atoms with Crippen molar-refractivity contribution in [3.8, 4) is 0 Å². The van der Waals surface area contributed by atoms with Gasteiger partial charge < -0.3 is 15.8 Å². The molecule has 2 atom stereocenters. The number of nitrogens with one attached hydrogen (secondary N) is 1. The SMILES string of the molecule is CCOC(=O)C1CC=C(c2cc3c(N[C@H](C)c4cc(N)cc(C)c4C)nc(C)nc3cc2CC)CC1. The molecule has 1 aliphatic carbocycles. The average Bonchev–Trinajstić information content (AvgIpc) is 2.85. The molecule has 190 valence electrons. The van der Waals surface area contributed by atoms with Gasteiger partial charge in [0.25, 0.3) is 0 Å². The van der Waals surface area contributed by atoms with Crippen LogP contribution in [-0.4, -0.2) is 22.5 Å². The molecule has 0 radical (unpaired) electrons. The predicted octanol–water partition coefficient (Wildman–Crippen LogP) is 6.62. The van der Waals surface area contributed by atoms with Gasteiger partial charge in [0.2, 0.25) is 0 Å². The lowest BCUT2D eigenvalue weighted by Gasteiger charge is -2.23. The Labute approximate surface area is 214 Å². The standard InChI is InChI=1S/C30H38N4O2/c1-7-21-14-28-27(16-26(21)22-9-11-23(12-10-22)30(35)36-8-2)29(34-20(6)33-28)32-19(5)25-15-24(31)13-17(3)18(25)4/h9,13-16,19,23H,7-8,10-12,31H2,1-6H3,(H,32,33,34)/t19-,23?/m1/s1. The molecule has 0 bridgehead atoms. The van der Waals surface area contributed by atoms with E-state index in [-0.39, 0.29) is 17.9 Å². The topological polar surface area (TPSA) is 90.1 Å². The number of nitrogens with zero attached hydrogens (tertiary/aromatic N) is 2. The van der Waals surface area contributed by atoms with Crippen LogP contribution in [0.15, 0.2) is 30.3 Å². The fraction of sp³-hybridized carbons (Fsp3) is 0.433. The highest BCUT2D eigenvalue weighted by Crippen LogP contribution is 2.36. The van der Waals surface area contributed by atoms with Gasteiger partial charge in [0.05, 0.1) is 24.1 Å². The van der Waals surface area contributed by atoms with Crippen LogP contribution in [0.3, 0.4) is 0 Å². The lowest BCUT2D eigenvalue weighted by molar-refractivity contribution is -0.148. The van der Waals surface area contributed by atoms with E-state index in [2.05, 4.69) is 51.2 Å². The van der Waals surface area contributed by atoms with Crippen molar-refractivity contribution < 1.29 is 9.53 Å². The van der Waals surface area contributed by atoms with Crippen LogP contribution in [-0.2, 0) is 16.0 Å². The van der Waals surface area contributed by atoms with E-state index in [4.69, 9.17) is 20.4 Å². The molecule has 2 aromatic carbocycles. The van der Waals surface area contributed by atoms with Crippen LogP contribution in [0.2, 0.25) is 0 Å². The maximum Gasteiger partial charge on any atom is 0.309 e. The van der Waals surface area contributed by atoms with Crippen molar-refractivity contribution in [2.75, 3.05) is 17.7 Å². The molecule has 6 heteroatoms. The van der Waals surface area contributed by atoms with Gasteiger partial charge in [0, 0.05) is 11.1 Å². The number of carbonyl (C=O) groups is 1. The van der Waals surface area contributed by atoms with E-state index in [1.54, 1.807) is 0 Å². The Hall–Kier alpha value is -3.41. The van der Waals surface area contributed by atoms with Gasteiger partial charge in [-0.2, -0.15) is 0 Å². The number of nitrogens with two attached hydrogens (primary N) is 1. The normalized spacial score (nSPS) is 16.5. The zero-order valence-electron chi connectivity index (χ0n) is 22.4. The first-order valence-electron chi connectivity index (χ1n) is 13.0. The summed E-state index contributed by atoms with van der Waals surface area (Å²) in [6.45, 7) is 12.8. The summed E-state index contributed by atoms with van der Waals surface area (Å²) in [4.78, 5) is 21.8. The Balaban J connectivity index is 1.73. The molecule has 0 amide bonds. The van der Waals surface area contributed by atoms with E-state index >= 15 is 0 Å². The molecule has 1 aliphatic rings. The molecular weight excluding hydrogens is 448 g/mol. The maximum atomic E-state index is 12.2. The van der Waals surface area contributed by atoms with Crippen LogP contribution in [0.1, 0.15) is 79.7 Å². The quantitative estimate of drug-likeness (QED) is 0.288. The van der Waals surface area contributed by atoms with Crippen molar-refractivity contribution in [3.05, 3.63) is 64.0 Å². The molecule has 1 heterocycles. The summed E-state index contributed by atoms with van der Waals surface area (Å²) in [6, 6.07) is 8.51. The molecule has 0 fully saturated rings. The minimum Gasteiger partial charge on any atom is -0.466 e. The van der Waals surface area contributed by atoms with Crippen molar-refractivity contribution in [2.24, 2.45) is 5.92 Å². The molecule has 0 saturated heterocycles. The van der Waals surface area contributed by atoms with E-state index in [0.717, 1.165) is 53.9 Å². The Morgan fingerprint density at radius 3 is 2.61 bits per heavy atom. The number of ether oxygens (including phenoxy) is 1. The predicted molar refractivity (Wildman–Crippen MR) is 148 cm³/mol. The number of aromatic nitrogens is 2. The van der Waals surface area contributed by atoms with Crippen molar-refractivity contribution >= 4 is 34.0 Å². The lowest BCUT2D eigenvalue weighted by atomic mass is 9.84. The van der Waals surface area contributed by atoms with Crippen LogP contribution in [0.25, 0.3) is 16.5 Å². The smallest absolute Gasteiger partial charge is 0.309 e. The molecule has 0 aliphatic heterocycles. The third kappa shape index (κ3) is 5.23. The van der Waals surface area contributed by atoms with Gasteiger partial charge in [-0.15, -0.1) is 0 Å². The van der Waals surface area contributed by atoms with Crippen LogP contribution < -0.4 is 11.1 Å². The fourth-order valence-corrected chi connectivity index (χ4v) is 5.24. The number of esters is 1. The molecule has 6 nitrogen and oxygen atoms in total. The van der Waals surface area contributed by atoms with Crippen LogP contribution in [0, 0.1) is 26.7 Å². The van der Waals surface area contributed by atoms with E-state index in [1.165, 1.54) is 33.4 Å². The van der Waals surface area contributed by atoms with Gasteiger partial charge in [-0.05, 0) is 118 Å². The van der Waals surface area contributed by atoms with E-state index in [1.807, 2.05) is 26.0 Å². The van der Waals surface area contributed by atoms with Crippen molar-refractivity contribution in [1.82, 2.24) is 9.97 Å². The number of carbonyl (C=O) groups excluding carboxylic acids is 1. The number of rotatable bonds is 7. The Kier molecular flexibility index (Phi) is 7.62. The number of hydrogen-bond acceptors (Lipinski definition) is 6. The number of aryl methyl sites for hydroxylation is 3. The van der Waals surface area contributed by atoms with Gasteiger partial charge in [0.15, 0.2) is 0 Å². The monoisotopic (exact) mass is 486 g/mol. The molecule has 1 unspecified atom stereocenters. The molecule has 36 heavy (non-hydrogen) atoms. The number of nitrogen functional groups attached to an aromatic ring is 1. The van der Waals surface area contributed by atoms with Gasteiger partial charge in [-0.1, -0.05) is 13.0 Å². The second-order valence-electron chi connectivity index (χ2n) is 9.87. The first kappa shape index (κ1) is 25.7. The van der Waals surface area contributed by atoms with Crippen molar-refractivity contribution in [3.63, 3.8) is 0 Å². The summed E-state index contributed by atoms with van der Waals surface area (Å²) in [6.07, 6.45) is 5.51. The van der Waals surface area contributed by atoms with Crippen LogP contribution in [0.5, 0.6) is 0 Å². The molecular formula is C30H38N4O2. The summed E-state index contributed by atoms with van der Waals surface area (Å²) >= 11 is 0. The van der Waals surface area contributed by atoms with Gasteiger partial charge in [-0.25, -0.2) is 9.97 Å². The van der Waals surface area contributed by atoms with Crippen LogP contribution in [0.4, 0.5) is 11.5 Å². The zero-order valence-corrected chi connectivity index (χ0v) is 22.4. The average molecular weight is 487 g/mol. The second kappa shape index (κ2) is 10.7. The summed E-state index contributed by atoms with van der Waals surface area (Å²) in [5.41, 5.74) is 15.2. The van der Waals surface area contributed by atoms with Gasteiger partial charge in [-0.3, -0.25) is 4.79 Å². The van der Waals surface area contributed by atoms with Crippen molar-refractivity contribution in [2.45, 2.75) is 73.3 Å². The summed E-state index contributed by atoms with van der Waals surface area (Å²) in [5, 5.41) is 4.66. The molecule has 0 spiro atoms. The summed E-state index contributed by atoms with van der Waals surface area (Å²) in [5.74, 6) is 1.43. The Morgan fingerprint density at radius 2 is 1.94 bits per heavy atom. The van der Waals surface area contributed by atoms with Crippen molar-refractivity contribution in [1.29, 1.82) is 0 Å².